The molecule has 1 amide bonds. The topological polar surface area (TPSA) is 162 Å². The summed E-state index contributed by atoms with van der Waals surface area (Å²) in [5.74, 6) is 1.78. The van der Waals surface area contributed by atoms with Crippen LogP contribution in [0.1, 0.15) is 24.5 Å². The predicted octanol–water partition coefficient (Wildman–Crippen LogP) is 2.75. The Hall–Kier alpha value is -2.74. The maximum Gasteiger partial charge on any atom is 0.404 e. The second-order valence-corrected chi connectivity index (χ2v) is 10.2. The first-order chi connectivity index (χ1) is 14.8. The van der Waals surface area contributed by atoms with Crippen molar-refractivity contribution in [1.82, 2.24) is 30.2 Å². The molecule has 1 aliphatic carbocycles. The zero-order valence-electron chi connectivity index (χ0n) is 15.9. The van der Waals surface area contributed by atoms with E-state index in [0.29, 0.717) is 33.3 Å². The summed E-state index contributed by atoms with van der Waals surface area (Å²) in [6, 6.07) is 4.95. The van der Waals surface area contributed by atoms with E-state index in [9.17, 15) is 13.2 Å². The minimum atomic E-state index is -3.79. The van der Waals surface area contributed by atoms with Crippen LogP contribution in [0.2, 0.25) is 5.02 Å². The van der Waals surface area contributed by atoms with Crippen LogP contribution >= 0.6 is 22.9 Å². The van der Waals surface area contributed by atoms with Gasteiger partial charge < -0.3 is 15.7 Å². The fraction of sp³-hybridized carbons (Fsp3) is 0.294. The smallest absolute Gasteiger partial charge is 0.404 e. The summed E-state index contributed by atoms with van der Waals surface area (Å²) in [4.78, 5) is 19.6. The van der Waals surface area contributed by atoms with Gasteiger partial charge in [0.1, 0.15) is 9.23 Å². The van der Waals surface area contributed by atoms with E-state index in [1.165, 1.54) is 12.3 Å². The van der Waals surface area contributed by atoms with E-state index in [1.807, 2.05) is 6.07 Å². The average Bonchev–Trinajstić information content (AvgIpc) is 3.25. The van der Waals surface area contributed by atoms with Gasteiger partial charge in [-0.25, -0.2) is 27.9 Å². The zero-order chi connectivity index (χ0) is 22.0. The van der Waals surface area contributed by atoms with E-state index in [1.54, 1.807) is 6.07 Å². The molecule has 1 fully saturated rings. The van der Waals surface area contributed by atoms with Crippen LogP contribution in [-0.4, -0.2) is 52.9 Å². The summed E-state index contributed by atoms with van der Waals surface area (Å²) in [7, 11) is -3.79. The van der Waals surface area contributed by atoms with Gasteiger partial charge in [0.15, 0.2) is 17.5 Å². The van der Waals surface area contributed by atoms with Gasteiger partial charge in [0.2, 0.25) is 10.0 Å². The molecule has 3 heterocycles. The highest BCUT2D eigenvalue weighted by Crippen LogP contribution is 2.40. The van der Waals surface area contributed by atoms with Gasteiger partial charge >= 0.3 is 6.09 Å². The number of aromatic amines is 1. The highest BCUT2D eigenvalue weighted by Gasteiger charge is 2.25. The van der Waals surface area contributed by atoms with Crippen LogP contribution in [0.5, 0.6) is 0 Å². The van der Waals surface area contributed by atoms with E-state index in [4.69, 9.17) is 16.7 Å². The number of nitrogens with zero attached hydrogens (tertiary/aromatic N) is 3. The minimum absolute atomic E-state index is 0.0439. The Labute approximate surface area is 186 Å². The number of amides is 1. The molecule has 1 aliphatic rings. The van der Waals surface area contributed by atoms with Crippen LogP contribution < -0.4 is 15.4 Å². The number of aromatic nitrogens is 4. The first kappa shape index (κ1) is 21.5. The van der Waals surface area contributed by atoms with Gasteiger partial charge in [-0.2, -0.15) is 5.10 Å². The molecule has 5 N–H and O–H groups in total. The normalized spacial score (nSPS) is 13.8. The Morgan fingerprint density at radius 1 is 1.32 bits per heavy atom. The maximum atomic E-state index is 12.4. The molecule has 4 rings (SSSR count). The lowest BCUT2D eigenvalue weighted by atomic mass is 10.3. The van der Waals surface area contributed by atoms with Crippen molar-refractivity contribution >= 4 is 50.7 Å². The van der Waals surface area contributed by atoms with Crippen molar-refractivity contribution in [3.63, 3.8) is 0 Å². The third-order valence-corrected chi connectivity index (χ3v) is 7.68. The summed E-state index contributed by atoms with van der Waals surface area (Å²) in [5.41, 5.74) is 1.06. The van der Waals surface area contributed by atoms with Crippen molar-refractivity contribution in [3.05, 3.63) is 35.1 Å². The highest BCUT2D eigenvalue weighted by atomic mass is 35.5. The first-order valence-electron chi connectivity index (χ1n) is 9.23. The molecule has 11 nitrogen and oxygen atoms in total. The van der Waals surface area contributed by atoms with E-state index < -0.39 is 16.1 Å². The fourth-order valence-electron chi connectivity index (χ4n) is 2.71. The van der Waals surface area contributed by atoms with Crippen molar-refractivity contribution in [2.24, 2.45) is 0 Å². The van der Waals surface area contributed by atoms with Gasteiger partial charge in [0.25, 0.3) is 0 Å². The Morgan fingerprint density at radius 3 is 2.87 bits per heavy atom. The van der Waals surface area contributed by atoms with Crippen LogP contribution in [-0.2, 0) is 10.0 Å². The number of carbonyl (C=O) groups is 1. The first-order valence-corrected chi connectivity index (χ1v) is 11.9. The molecule has 0 radical (unpaired) electrons. The predicted molar refractivity (Wildman–Crippen MR) is 115 cm³/mol. The number of rotatable bonds is 9. The number of thiophene rings is 1. The summed E-state index contributed by atoms with van der Waals surface area (Å²) < 4.78 is 27.2. The lowest BCUT2D eigenvalue weighted by molar-refractivity contribution is 0.194. The van der Waals surface area contributed by atoms with Gasteiger partial charge in [-0.3, -0.25) is 5.10 Å². The van der Waals surface area contributed by atoms with Crippen LogP contribution in [0.25, 0.3) is 10.7 Å². The van der Waals surface area contributed by atoms with Crippen LogP contribution in [0.4, 0.5) is 16.4 Å². The van der Waals surface area contributed by atoms with Crippen LogP contribution in [0.15, 0.2) is 28.6 Å². The van der Waals surface area contributed by atoms with Crippen molar-refractivity contribution in [2.75, 3.05) is 18.4 Å². The summed E-state index contributed by atoms with van der Waals surface area (Å²) in [6.45, 7) is -0.113. The van der Waals surface area contributed by atoms with Gasteiger partial charge in [0, 0.05) is 30.8 Å². The molecule has 0 saturated heterocycles. The van der Waals surface area contributed by atoms with Crippen molar-refractivity contribution < 1.29 is 18.3 Å². The van der Waals surface area contributed by atoms with Gasteiger partial charge in [-0.15, -0.1) is 11.3 Å². The summed E-state index contributed by atoms with van der Waals surface area (Å²) in [5, 5.41) is 21.2. The molecular formula is C17H18ClN7O4S2. The molecule has 0 bridgehead atoms. The third kappa shape index (κ3) is 5.31. The molecule has 0 aromatic carbocycles. The Morgan fingerprint density at radius 2 is 2.13 bits per heavy atom. The fourth-order valence-corrected chi connectivity index (χ4v) is 5.17. The van der Waals surface area contributed by atoms with Gasteiger partial charge in [-0.05, 0) is 25.0 Å². The number of hydrogen-bond acceptors (Lipinski definition) is 8. The average molecular weight is 484 g/mol. The van der Waals surface area contributed by atoms with Crippen molar-refractivity contribution in [3.8, 4) is 10.7 Å². The standard InChI is InChI=1S/C17H18ClN7O4S2/c18-10-8-20-16(23-15(10)22-13-7-11(24-25-13)9-1-2-9)12-3-4-14(30-12)31(28,29)21-6-5-19-17(26)27/h3-4,7-9,19,21H,1-2,5-6H2,(H,26,27)(H2,20,22,23,24,25). The number of nitrogens with one attached hydrogen (secondary N) is 4. The number of anilines is 2. The molecule has 164 valence electrons. The van der Waals surface area contributed by atoms with Gasteiger partial charge in [0.05, 0.1) is 11.1 Å². The number of halogens is 1. The number of sulfonamides is 1. The number of carboxylic acid groups (broad SMARTS) is 1. The maximum absolute atomic E-state index is 12.4. The zero-order valence-corrected chi connectivity index (χ0v) is 18.3. The Kier molecular flexibility index (Phi) is 6.09. The summed E-state index contributed by atoms with van der Waals surface area (Å²) >= 11 is 7.20. The molecule has 31 heavy (non-hydrogen) atoms. The number of hydrogen-bond donors (Lipinski definition) is 5. The largest absolute Gasteiger partial charge is 0.465 e. The molecule has 0 unspecified atom stereocenters. The Bertz CT molecular complexity index is 1210. The monoisotopic (exact) mass is 483 g/mol. The molecule has 0 aliphatic heterocycles. The van der Waals surface area contributed by atoms with E-state index >= 15 is 0 Å². The molecule has 3 aromatic heterocycles. The second-order valence-electron chi connectivity index (χ2n) is 6.75. The van der Waals surface area contributed by atoms with Crippen molar-refractivity contribution in [2.45, 2.75) is 23.0 Å². The molecule has 14 heteroatoms. The third-order valence-electron chi connectivity index (χ3n) is 4.37. The van der Waals surface area contributed by atoms with E-state index in [0.717, 1.165) is 29.9 Å². The van der Waals surface area contributed by atoms with Crippen LogP contribution in [0, 0.1) is 0 Å². The lowest BCUT2D eigenvalue weighted by Gasteiger charge is -2.06. The van der Waals surface area contributed by atoms with E-state index in [-0.39, 0.29) is 17.3 Å². The highest BCUT2D eigenvalue weighted by molar-refractivity contribution is 7.91. The molecule has 0 spiro atoms. The van der Waals surface area contributed by atoms with E-state index in [2.05, 4.69) is 35.5 Å². The Balaban J connectivity index is 1.47. The van der Waals surface area contributed by atoms with Crippen molar-refractivity contribution in [1.29, 1.82) is 0 Å². The lowest BCUT2D eigenvalue weighted by Crippen LogP contribution is -2.33. The molecule has 3 aromatic rings. The SMILES string of the molecule is O=C(O)NCCNS(=O)(=O)c1ccc(-c2ncc(Cl)c(Nc3cc(C4CC4)[nH]n3)n2)s1. The molecule has 0 atom stereocenters. The van der Waals surface area contributed by atoms with Crippen LogP contribution in [0.3, 0.4) is 0 Å². The minimum Gasteiger partial charge on any atom is -0.465 e. The molecular weight excluding hydrogens is 466 g/mol. The summed E-state index contributed by atoms with van der Waals surface area (Å²) in [6.07, 6.45) is 2.51. The quantitative estimate of drug-likeness (QED) is 0.290. The molecule has 1 saturated carbocycles. The van der Waals surface area contributed by atoms with Gasteiger partial charge in [-0.1, -0.05) is 11.6 Å². The second kappa shape index (κ2) is 8.78. The number of H-pyrrole nitrogens is 1.